The van der Waals surface area contributed by atoms with Crippen molar-refractivity contribution in [3.05, 3.63) is 101 Å². The molecule has 214 valence electrons. The molecule has 2 N–H and O–H groups in total. The van der Waals surface area contributed by atoms with Crippen LogP contribution in [0, 0.1) is 11.6 Å². The van der Waals surface area contributed by atoms with Gasteiger partial charge < -0.3 is 15.4 Å². The van der Waals surface area contributed by atoms with Crippen molar-refractivity contribution in [2.75, 3.05) is 32.8 Å². The molecule has 40 heavy (non-hydrogen) atoms. The number of nitrogens with one attached hydrogen (secondary N) is 2. The smallest absolute Gasteiger partial charge is 0.251 e. The first-order valence-electron chi connectivity index (χ1n) is 13.5. The molecule has 1 fully saturated rings. The van der Waals surface area contributed by atoms with Gasteiger partial charge in [-0.25, -0.2) is 17.2 Å². The quantitative estimate of drug-likeness (QED) is 0.320. The van der Waals surface area contributed by atoms with Gasteiger partial charge in [-0.15, -0.1) is 0 Å². The molecule has 1 amide bonds. The zero-order valence-electron chi connectivity index (χ0n) is 22.5. The largest absolute Gasteiger partial charge is 0.379 e. The number of carbonyl (C=O) groups is 1. The summed E-state index contributed by atoms with van der Waals surface area (Å²) in [5.41, 5.74) is 3.13. The van der Waals surface area contributed by atoms with Gasteiger partial charge in [-0.05, 0) is 78.9 Å². The summed E-state index contributed by atoms with van der Waals surface area (Å²) in [6, 6.07) is 17.0. The number of aryl methyl sites for hydroxylation is 1. The number of amides is 1. The fourth-order valence-electron chi connectivity index (χ4n) is 4.69. The van der Waals surface area contributed by atoms with Crippen LogP contribution in [-0.2, 0) is 34.1 Å². The average Bonchev–Trinajstić information content (AvgIpc) is 2.95. The Balaban J connectivity index is 1.41. The van der Waals surface area contributed by atoms with Crippen LogP contribution in [0.1, 0.15) is 40.4 Å². The Morgan fingerprint density at radius 3 is 2.30 bits per heavy atom. The van der Waals surface area contributed by atoms with E-state index in [9.17, 15) is 22.0 Å². The Morgan fingerprint density at radius 1 is 0.950 bits per heavy atom. The lowest BCUT2D eigenvalue weighted by atomic mass is 10.0. The van der Waals surface area contributed by atoms with E-state index in [1.54, 1.807) is 0 Å². The molecule has 0 spiro atoms. The second-order valence-electron chi connectivity index (χ2n) is 9.83. The van der Waals surface area contributed by atoms with Gasteiger partial charge in [0.1, 0.15) is 11.6 Å². The van der Waals surface area contributed by atoms with Gasteiger partial charge in [-0.3, -0.25) is 4.79 Å². The summed E-state index contributed by atoms with van der Waals surface area (Å²) in [7, 11) is -3.68. The average molecular weight is 572 g/mol. The number of ether oxygens (including phenoxy) is 1. The van der Waals surface area contributed by atoms with E-state index in [2.05, 4.69) is 29.7 Å². The molecule has 7 nitrogen and oxygen atoms in total. The van der Waals surface area contributed by atoms with E-state index in [1.165, 1.54) is 46.3 Å². The van der Waals surface area contributed by atoms with Crippen LogP contribution in [0.15, 0.2) is 71.6 Å². The van der Waals surface area contributed by atoms with Crippen molar-refractivity contribution in [3.63, 3.8) is 0 Å². The highest BCUT2D eigenvalue weighted by molar-refractivity contribution is 7.89. The van der Waals surface area contributed by atoms with Crippen molar-refractivity contribution in [2.24, 2.45) is 0 Å². The summed E-state index contributed by atoms with van der Waals surface area (Å²) in [6.45, 7) is 4.58. The maximum atomic E-state index is 13.8. The lowest BCUT2D eigenvalue weighted by Crippen LogP contribution is -2.40. The maximum absolute atomic E-state index is 13.8. The highest BCUT2D eigenvalue weighted by atomic mass is 32.2. The minimum absolute atomic E-state index is 0.106. The number of hydrogen-bond acceptors (Lipinski definition) is 5. The molecule has 0 aliphatic carbocycles. The number of benzene rings is 3. The van der Waals surface area contributed by atoms with Gasteiger partial charge >= 0.3 is 0 Å². The summed E-state index contributed by atoms with van der Waals surface area (Å²) < 4.78 is 60.0. The maximum Gasteiger partial charge on any atom is 0.251 e. The molecule has 0 bridgehead atoms. The fourth-order valence-corrected chi connectivity index (χ4v) is 6.10. The van der Waals surface area contributed by atoms with Gasteiger partial charge in [0.2, 0.25) is 10.0 Å². The SMILES string of the molecule is CCc1cccc(CNCC[C@H](Cc2cc(F)cc(F)c2)NC(=O)c2ccc(S(=O)(=O)N3CCOCC3)cc2)c1. The van der Waals surface area contributed by atoms with Crippen molar-refractivity contribution in [1.29, 1.82) is 0 Å². The third-order valence-electron chi connectivity index (χ3n) is 6.86. The van der Waals surface area contributed by atoms with Gasteiger partial charge in [0.05, 0.1) is 18.1 Å². The van der Waals surface area contributed by atoms with Crippen LogP contribution in [0.4, 0.5) is 8.78 Å². The number of rotatable bonds is 12. The second-order valence-corrected chi connectivity index (χ2v) is 11.8. The lowest BCUT2D eigenvalue weighted by Gasteiger charge is -2.26. The Hall–Kier alpha value is -3.18. The van der Waals surface area contributed by atoms with E-state index in [-0.39, 0.29) is 24.4 Å². The van der Waals surface area contributed by atoms with Crippen molar-refractivity contribution in [3.8, 4) is 0 Å². The molecule has 0 saturated carbocycles. The summed E-state index contributed by atoms with van der Waals surface area (Å²) in [5, 5.41) is 6.34. The van der Waals surface area contributed by atoms with Gasteiger partial charge in [0.15, 0.2) is 0 Å². The summed E-state index contributed by atoms with van der Waals surface area (Å²) >= 11 is 0. The van der Waals surface area contributed by atoms with E-state index in [1.807, 2.05) is 12.1 Å². The number of hydrogen-bond donors (Lipinski definition) is 2. The molecular weight excluding hydrogens is 536 g/mol. The fraction of sp³-hybridized carbons (Fsp3) is 0.367. The zero-order chi connectivity index (χ0) is 28.5. The third kappa shape index (κ3) is 8.17. The summed E-state index contributed by atoms with van der Waals surface area (Å²) in [6.07, 6.45) is 1.70. The van der Waals surface area contributed by atoms with Crippen LogP contribution >= 0.6 is 0 Å². The Morgan fingerprint density at radius 2 is 1.62 bits per heavy atom. The zero-order valence-corrected chi connectivity index (χ0v) is 23.4. The van der Waals surface area contributed by atoms with Crippen molar-refractivity contribution in [1.82, 2.24) is 14.9 Å². The molecule has 0 radical (unpaired) electrons. The van der Waals surface area contributed by atoms with Gasteiger partial charge in [0.25, 0.3) is 5.91 Å². The highest BCUT2D eigenvalue weighted by Crippen LogP contribution is 2.18. The predicted octanol–water partition coefficient (Wildman–Crippen LogP) is 4.07. The molecule has 0 aromatic heterocycles. The molecule has 4 rings (SSSR count). The molecule has 1 saturated heterocycles. The molecule has 1 atom stereocenters. The molecular formula is C30H35F2N3O4S. The first-order valence-corrected chi connectivity index (χ1v) is 14.9. The molecule has 10 heteroatoms. The summed E-state index contributed by atoms with van der Waals surface area (Å²) in [4.78, 5) is 13.2. The molecule has 3 aromatic rings. The minimum atomic E-state index is -3.68. The van der Waals surface area contributed by atoms with E-state index in [0.717, 1.165) is 18.1 Å². The standard InChI is InChI=1S/C30H35F2N3O4S/c1-2-22-4-3-5-23(16-22)21-33-11-10-28(19-24-17-26(31)20-27(32)18-24)34-30(36)25-6-8-29(9-7-25)40(37,38)35-12-14-39-15-13-35/h3-9,16-18,20,28,33H,2,10-15,19,21H2,1H3,(H,34,36)/t28-/m1/s1. The van der Waals surface area contributed by atoms with Crippen molar-refractivity contribution < 1.29 is 26.7 Å². The first kappa shape index (κ1) is 29.8. The Bertz CT molecular complexity index is 1370. The number of sulfonamides is 1. The van der Waals surface area contributed by atoms with Gasteiger partial charge in [-0.2, -0.15) is 4.31 Å². The molecule has 0 unspecified atom stereocenters. The van der Waals surface area contributed by atoms with Crippen LogP contribution in [0.25, 0.3) is 0 Å². The minimum Gasteiger partial charge on any atom is -0.379 e. The molecule has 3 aromatic carbocycles. The number of nitrogens with zero attached hydrogens (tertiary/aromatic N) is 1. The molecule has 1 aliphatic heterocycles. The van der Waals surface area contributed by atoms with Crippen molar-refractivity contribution >= 4 is 15.9 Å². The third-order valence-corrected chi connectivity index (χ3v) is 8.78. The topological polar surface area (TPSA) is 87.7 Å². The molecule has 1 aliphatic rings. The van der Waals surface area contributed by atoms with Crippen LogP contribution in [0.3, 0.4) is 0 Å². The van der Waals surface area contributed by atoms with Gasteiger partial charge in [-0.1, -0.05) is 31.2 Å². The van der Waals surface area contributed by atoms with E-state index >= 15 is 0 Å². The first-order chi connectivity index (χ1) is 19.2. The monoisotopic (exact) mass is 571 g/mol. The molecule has 1 heterocycles. The van der Waals surface area contributed by atoms with E-state index < -0.39 is 33.6 Å². The number of halogens is 2. The van der Waals surface area contributed by atoms with Gasteiger partial charge in [0, 0.05) is 37.3 Å². The highest BCUT2D eigenvalue weighted by Gasteiger charge is 2.26. The van der Waals surface area contributed by atoms with E-state index in [0.29, 0.717) is 43.9 Å². The Labute approximate surface area is 234 Å². The van der Waals surface area contributed by atoms with Crippen molar-refractivity contribution in [2.45, 2.75) is 43.7 Å². The van der Waals surface area contributed by atoms with Crippen LogP contribution in [-0.4, -0.2) is 57.5 Å². The second kappa shape index (κ2) is 13.9. The Kier molecular flexibility index (Phi) is 10.4. The normalized spacial score (nSPS) is 15.1. The number of carbonyl (C=O) groups excluding carboxylic acids is 1. The lowest BCUT2D eigenvalue weighted by molar-refractivity contribution is 0.0730. The van der Waals surface area contributed by atoms with E-state index in [4.69, 9.17) is 4.74 Å². The number of morpholine rings is 1. The van der Waals surface area contributed by atoms with Crippen LogP contribution in [0.5, 0.6) is 0 Å². The van der Waals surface area contributed by atoms with Crippen LogP contribution < -0.4 is 10.6 Å². The summed E-state index contributed by atoms with van der Waals surface area (Å²) in [5.74, 6) is -1.75. The van der Waals surface area contributed by atoms with Crippen LogP contribution in [0.2, 0.25) is 0 Å². The predicted molar refractivity (Wildman–Crippen MR) is 149 cm³/mol.